The molecule has 10 aromatic carbocycles. The minimum absolute atomic E-state index is 0.895. The van der Waals surface area contributed by atoms with E-state index in [4.69, 9.17) is 4.42 Å². The van der Waals surface area contributed by atoms with Gasteiger partial charge in [-0.1, -0.05) is 152 Å². The van der Waals surface area contributed by atoms with Gasteiger partial charge in [0.25, 0.3) is 0 Å². The lowest BCUT2D eigenvalue weighted by Gasteiger charge is -2.27. The fraction of sp³-hybridized carbons (Fsp3) is 0. The van der Waals surface area contributed by atoms with Crippen molar-refractivity contribution in [1.29, 1.82) is 0 Å². The topological polar surface area (TPSA) is 16.4 Å². The van der Waals surface area contributed by atoms with Crippen LogP contribution in [0.15, 0.2) is 217 Å². The highest BCUT2D eigenvalue weighted by atomic mass is 32.1. The summed E-state index contributed by atoms with van der Waals surface area (Å²) in [7, 11) is 0. The first kappa shape index (κ1) is 33.7. The van der Waals surface area contributed by atoms with Gasteiger partial charge in [0.2, 0.25) is 0 Å². The van der Waals surface area contributed by atoms with Crippen LogP contribution in [0.5, 0.6) is 0 Å². The molecule has 0 atom stereocenters. The second kappa shape index (κ2) is 13.6. The molecule has 0 unspecified atom stereocenters. The smallest absolute Gasteiger partial charge is 0.143 e. The second-order valence-electron chi connectivity index (χ2n) is 15.3. The summed E-state index contributed by atoms with van der Waals surface area (Å²) in [5, 5.41) is 9.88. The van der Waals surface area contributed by atoms with Crippen LogP contribution in [0.3, 0.4) is 0 Å². The van der Waals surface area contributed by atoms with Crippen molar-refractivity contribution in [3.8, 4) is 33.4 Å². The highest BCUT2D eigenvalue weighted by molar-refractivity contribution is 7.26. The first-order valence-corrected chi connectivity index (χ1v) is 20.9. The van der Waals surface area contributed by atoms with Gasteiger partial charge < -0.3 is 9.32 Å². The highest BCUT2D eigenvalue weighted by Gasteiger charge is 2.19. The van der Waals surface area contributed by atoms with E-state index in [1.807, 2.05) is 17.4 Å². The number of benzene rings is 10. The Bertz CT molecular complexity index is 3540. The zero-order chi connectivity index (χ0) is 38.9. The predicted octanol–water partition coefficient (Wildman–Crippen LogP) is 16.7. The van der Waals surface area contributed by atoms with E-state index in [0.717, 1.165) is 61.3 Å². The lowest BCUT2D eigenvalue weighted by molar-refractivity contribution is 0.670. The molecule has 3 heteroatoms. The summed E-state index contributed by atoms with van der Waals surface area (Å²) in [6, 6.07) is 76.9. The molecule has 2 aromatic heterocycles. The summed E-state index contributed by atoms with van der Waals surface area (Å²) >= 11 is 1.85. The van der Waals surface area contributed by atoms with E-state index in [0.29, 0.717) is 0 Å². The fourth-order valence-electron chi connectivity index (χ4n) is 8.98. The number of para-hydroxylation sites is 1. The molecule has 0 fully saturated rings. The van der Waals surface area contributed by atoms with Crippen LogP contribution in [0, 0.1) is 0 Å². The molecule has 59 heavy (non-hydrogen) atoms. The van der Waals surface area contributed by atoms with Crippen LogP contribution < -0.4 is 4.90 Å². The van der Waals surface area contributed by atoms with Gasteiger partial charge in [0.05, 0.1) is 5.69 Å². The van der Waals surface area contributed by atoms with Gasteiger partial charge in [-0.05, 0) is 110 Å². The third-order valence-electron chi connectivity index (χ3n) is 11.9. The Morgan fingerprint density at radius 2 is 0.932 bits per heavy atom. The summed E-state index contributed by atoms with van der Waals surface area (Å²) in [6.45, 7) is 0. The van der Waals surface area contributed by atoms with Gasteiger partial charge in [-0.25, -0.2) is 0 Å². The number of anilines is 3. The van der Waals surface area contributed by atoms with Crippen LogP contribution in [0.4, 0.5) is 17.1 Å². The summed E-state index contributed by atoms with van der Waals surface area (Å²) < 4.78 is 9.08. The normalized spacial score (nSPS) is 11.7. The Labute approximate surface area is 345 Å². The maximum atomic E-state index is 6.50. The van der Waals surface area contributed by atoms with Crippen molar-refractivity contribution in [2.24, 2.45) is 0 Å². The minimum Gasteiger partial charge on any atom is -0.455 e. The minimum atomic E-state index is 0.895. The molecule has 0 N–H and O–H groups in total. The Hall–Kier alpha value is -7.46. The zero-order valence-electron chi connectivity index (χ0n) is 32.0. The van der Waals surface area contributed by atoms with Gasteiger partial charge in [-0.3, -0.25) is 0 Å². The van der Waals surface area contributed by atoms with E-state index in [1.165, 1.54) is 52.8 Å². The number of hydrogen-bond acceptors (Lipinski definition) is 3. The third kappa shape index (κ3) is 5.62. The summed E-state index contributed by atoms with van der Waals surface area (Å²) in [5.41, 5.74) is 12.2. The van der Waals surface area contributed by atoms with Crippen LogP contribution in [0.2, 0.25) is 0 Å². The zero-order valence-corrected chi connectivity index (χ0v) is 32.8. The molecule has 0 bridgehead atoms. The standard InChI is InChI=1S/C56H35NOS/c1-2-10-38(11-3-1)46-15-8-16-47-50-35-42(28-33-52(50)58-56(46)47)37-26-31-44(32-27-37)57(51-17-9-19-54-55(51)48-14-6-7-18-53(48)59-54)43-29-24-36(25-30-43)41-23-22-40-21-20-39-12-4-5-13-45(39)49(40)34-41/h1-35H. The maximum absolute atomic E-state index is 6.50. The average molecular weight is 770 g/mol. The largest absolute Gasteiger partial charge is 0.455 e. The molecular weight excluding hydrogens is 735 g/mol. The lowest BCUT2D eigenvalue weighted by atomic mass is 9.97. The Morgan fingerprint density at radius 1 is 0.356 bits per heavy atom. The van der Waals surface area contributed by atoms with Crippen LogP contribution in [0.25, 0.3) is 97.0 Å². The number of fused-ring (bicyclic) bond motifs is 9. The number of thiophene rings is 1. The Balaban J connectivity index is 0.959. The van der Waals surface area contributed by atoms with Crippen molar-refractivity contribution >= 4 is 92.1 Å². The lowest BCUT2D eigenvalue weighted by Crippen LogP contribution is -2.10. The van der Waals surface area contributed by atoms with Crippen molar-refractivity contribution in [2.75, 3.05) is 4.90 Å². The number of furan rings is 1. The Kier molecular flexibility index (Phi) is 7.75. The van der Waals surface area contributed by atoms with Gasteiger partial charge in [-0.15, -0.1) is 11.3 Å². The van der Waals surface area contributed by atoms with Gasteiger partial charge in [-0.2, -0.15) is 0 Å². The molecule has 2 heterocycles. The monoisotopic (exact) mass is 769 g/mol. The van der Waals surface area contributed by atoms with Crippen LogP contribution in [-0.4, -0.2) is 0 Å². The van der Waals surface area contributed by atoms with E-state index in [9.17, 15) is 0 Å². The molecule has 0 amide bonds. The van der Waals surface area contributed by atoms with E-state index in [-0.39, 0.29) is 0 Å². The first-order valence-electron chi connectivity index (χ1n) is 20.1. The van der Waals surface area contributed by atoms with E-state index in [1.54, 1.807) is 0 Å². The molecular formula is C56H35NOS. The van der Waals surface area contributed by atoms with Crippen molar-refractivity contribution in [1.82, 2.24) is 0 Å². The van der Waals surface area contributed by atoms with E-state index >= 15 is 0 Å². The molecule has 12 aromatic rings. The molecule has 0 spiro atoms. The quantitative estimate of drug-likeness (QED) is 0.157. The van der Waals surface area contributed by atoms with Crippen LogP contribution in [-0.2, 0) is 0 Å². The average Bonchev–Trinajstić information content (AvgIpc) is 3.88. The van der Waals surface area contributed by atoms with Crippen molar-refractivity contribution < 1.29 is 4.42 Å². The summed E-state index contributed by atoms with van der Waals surface area (Å²) in [4.78, 5) is 2.42. The van der Waals surface area contributed by atoms with Crippen LogP contribution >= 0.6 is 11.3 Å². The SMILES string of the molecule is c1ccc(-c2cccc3c2oc2ccc(-c4ccc(N(c5ccc(-c6ccc7ccc8ccccc8c7c6)cc5)c5cccc6sc7ccccc7c56)cc4)cc23)cc1. The molecule has 0 aliphatic rings. The number of hydrogen-bond donors (Lipinski definition) is 0. The van der Waals surface area contributed by atoms with Crippen molar-refractivity contribution in [2.45, 2.75) is 0 Å². The van der Waals surface area contributed by atoms with Crippen molar-refractivity contribution in [3.63, 3.8) is 0 Å². The molecule has 0 saturated heterocycles. The predicted molar refractivity (Wildman–Crippen MR) is 253 cm³/mol. The maximum Gasteiger partial charge on any atom is 0.143 e. The molecule has 0 radical (unpaired) electrons. The Morgan fingerprint density at radius 3 is 1.71 bits per heavy atom. The van der Waals surface area contributed by atoms with E-state index in [2.05, 4.69) is 211 Å². The molecule has 0 aliphatic heterocycles. The molecule has 12 rings (SSSR count). The van der Waals surface area contributed by atoms with Gasteiger partial charge in [0.1, 0.15) is 11.2 Å². The summed E-state index contributed by atoms with van der Waals surface area (Å²) in [6.07, 6.45) is 0. The van der Waals surface area contributed by atoms with Gasteiger partial charge >= 0.3 is 0 Å². The molecule has 276 valence electrons. The number of rotatable bonds is 6. The highest BCUT2D eigenvalue weighted by Crippen LogP contribution is 2.46. The molecule has 0 aliphatic carbocycles. The number of nitrogens with zero attached hydrogens (tertiary/aromatic N) is 1. The van der Waals surface area contributed by atoms with Gasteiger partial charge in [0, 0.05) is 47.9 Å². The van der Waals surface area contributed by atoms with E-state index < -0.39 is 0 Å². The molecule has 2 nitrogen and oxygen atoms in total. The molecule has 0 saturated carbocycles. The van der Waals surface area contributed by atoms with Crippen LogP contribution in [0.1, 0.15) is 0 Å². The first-order chi connectivity index (χ1) is 29.2. The van der Waals surface area contributed by atoms with Crippen molar-refractivity contribution in [3.05, 3.63) is 212 Å². The fourth-order valence-corrected chi connectivity index (χ4v) is 10.1. The van der Waals surface area contributed by atoms with Gasteiger partial charge in [0.15, 0.2) is 0 Å². The summed E-state index contributed by atoms with van der Waals surface area (Å²) in [5.74, 6) is 0. The third-order valence-corrected chi connectivity index (χ3v) is 13.0. The second-order valence-corrected chi connectivity index (χ2v) is 16.3.